The van der Waals surface area contributed by atoms with Gasteiger partial charge in [-0.05, 0) is 38.3 Å². The fourth-order valence-electron chi connectivity index (χ4n) is 3.84. The summed E-state index contributed by atoms with van der Waals surface area (Å²) in [7, 11) is 1.55. The van der Waals surface area contributed by atoms with Crippen molar-refractivity contribution in [3.05, 3.63) is 59.2 Å². The Morgan fingerprint density at radius 2 is 1.97 bits per heavy atom. The molecule has 1 saturated heterocycles. The van der Waals surface area contributed by atoms with Crippen LogP contribution in [-0.2, 0) is 13.1 Å². The topological polar surface area (TPSA) is 69.1 Å². The second-order valence-electron chi connectivity index (χ2n) is 7.85. The number of hydrogen-bond acceptors (Lipinski definition) is 4. The first kappa shape index (κ1) is 22.0. The minimum atomic E-state index is 0.157. The highest BCUT2D eigenvalue weighted by Gasteiger charge is 2.20. The molecule has 0 spiro atoms. The minimum absolute atomic E-state index is 0.157. The standard InChI is InChI=1S/C24H34N4O2/c1-4-25-24(26-16-20-9-6-10-22(30-3)23(20)29)27-21-11-13-28(14-12-21)17-19-8-5-7-18(2)15-19/h5-10,15,21,29H,4,11-14,16-17H2,1-3H3,(H2,25,26,27). The van der Waals surface area contributed by atoms with Crippen molar-refractivity contribution in [1.29, 1.82) is 0 Å². The van der Waals surface area contributed by atoms with Crippen LogP contribution in [0.25, 0.3) is 0 Å². The molecule has 6 nitrogen and oxygen atoms in total. The van der Waals surface area contributed by atoms with Gasteiger partial charge in [0.05, 0.1) is 13.7 Å². The van der Waals surface area contributed by atoms with E-state index in [1.54, 1.807) is 13.2 Å². The van der Waals surface area contributed by atoms with E-state index in [-0.39, 0.29) is 5.75 Å². The van der Waals surface area contributed by atoms with E-state index in [9.17, 15) is 5.11 Å². The van der Waals surface area contributed by atoms with Crippen LogP contribution in [-0.4, -0.2) is 48.8 Å². The van der Waals surface area contributed by atoms with Crippen LogP contribution in [0.15, 0.2) is 47.5 Å². The molecule has 1 aliphatic heterocycles. The lowest BCUT2D eigenvalue weighted by molar-refractivity contribution is 0.198. The number of benzene rings is 2. The second-order valence-corrected chi connectivity index (χ2v) is 7.85. The number of guanidine groups is 1. The molecule has 0 saturated carbocycles. The Morgan fingerprint density at radius 1 is 1.20 bits per heavy atom. The smallest absolute Gasteiger partial charge is 0.191 e. The van der Waals surface area contributed by atoms with Crippen molar-refractivity contribution in [2.45, 2.75) is 45.8 Å². The summed E-state index contributed by atoms with van der Waals surface area (Å²) in [4.78, 5) is 7.19. The van der Waals surface area contributed by atoms with Gasteiger partial charge in [-0.25, -0.2) is 4.99 Å². The van der Waals surface area contributed by atoms with E-state index in [0.29, 0.717) is 18.3 Å². The van der Waals surface area contributed by atoms with Crippen molar-refractivity contribution in [3.63, 3.8) is 0 Å². The number of aryl methyl sites for hydroxylation is 1. The molecule has 0 atom stereocenters. The zero-order valence-electron chi connectivity index (χ0n) is 18.3. The van der Waals surface area contributed by atoms with E-state index in [1.165, 1.54) is 11.1 Å². The van der Waals surface area contributed by atoms with Crippen LogP contribution in [0, 0.1) is 6.92 Å². The highest BCUT2D eigenvalue weighted by molar-refractivity contribution is 5.80. The predicted octanol–water partition coefficient (Wildman–Crippen LogP) is 3.43. The van der Waals surface area contributed by atoms with Gasteiger partial charge in [0.1, 0.15) is 0 Å². The third-order valence-corrected chi connectivity index (χ3v) is 5.47. The highest BCUT2D eigenvalue weighted by atomic mass is 16.5. The van der Waals surface area contributed by atoms with E-state index in [1.807, 2.05) is 12.1 Å². The molecule has 3 rings (SSSR count). The molecule has 1 fully saturated rings. The Labute approximate surface area is 180 Å². The zero-order chi connectivity index (χ0) is 21.3. The maximum Gasteiger partial charge on any atom is 0.191 e. The molecule has 1 aliphatic rings. The number of rotatable bonds is 7. The van der Waals surface area contributed by atoms with Crippen LogP contribution in [0.5, 0.6) is 11.5 Å². The Balaban J connectivity index is 1.54. The van der Waals surface area contributed by atoms with E-state index in [2.05, 4.69) is 58.6 Å². The Morgan fingerprint density at radius 3 is 2.67 bits per heavy atom. The molecule has 2 aromatic carbocycles. The Bertz CT molecular complexity index is 845. The third kappa shape index (κ3) is 6.13. The number of para-hydroxylation sites is 1. The first-order valence-corrected chi connectivity index (χ1v) is 10.8. The molecule has 162 valence electrons. The lowest BCUT2D eigenvalue weighted by Gasteiger charge is -2.33. The van der Waals surface area contributed by atoms with Crippen molar-refractivity contribution < 1.29 is 9.84 Å². The van der Waals surface area contributed by atoms with Gasteiger partial charge in [0.25, 0.3) is 0 Å². The summed E-state index contributed by atoms with van der Waals surface area (Å²) in [5.41, 5.74) is 3.45. The molecule has 3 N–H and O–H groups in total. The normalized spacial score (nSPS) is 15.8. The molecule has 1 heterocycles. The molecule has 0 bridgehead atoms. The molecule has 0 radical (unpaired) electrons. The molecule has 2 aromatic rings. The van der Waals surface area contributed by atoms with Gasteiger partial charge in [0, 0.05) is 37.8 Å². The minimum Gasteiger partial charge on any atom is -0.504 e. The van der Waals surface area contributed by atoms with Crippen LogP contribution >= 0.6 is 0 Å². The summed E-state index contributed by atoms with van der Waals surface area (Å²) >= 11 is 0. The van der Waals surface area contributed by atoms with Gasteiger partial charge < -0.3 is 20.5 Å². The van der Waals surface area contributed by atoms with Crippen LogP contribution in [0.4, 0.5) is 0 Å². The predicted molar refractivity (Wildman–Crippen MR) is 122 cm³/mol. The number of likely N-dealkylation sites (tertiary alicyclic amines) is 1. The SMILES string of the molecule is CCNC(=NCc1cccc(OC)c1O)NC1CCN(Cc2cccc(C)c2)CC1. The van der Waals surface area contributed by atoms with Gasteiger partial charge in [-0.3, -0.25) is 4.90 Å². The molecular formula is C24H34N4O2. The van der Waals surface area contributed by atoms with Crippen LogP contribution in [0.2, 0.25) is 0 Å². The Kier molecular flexibility index (Phi) is 7.97. The first-order chi connectivity index (χ1) is 14.6. The molecule has 0 aromatic heterocycles. The number of ether oxygens (including phenoxy) is 1. The van der Waals surface area contributed by atoms with Gasteiger partial charge >= 0.3 is 0 Å². The molecule has 0 aliphatic carbocycles. The van der Waals surface area contributed by atoms with E-state index < -0.39 is 0 Å². The monoisotopic (exact) mass is 410 g/mol. The lowest BCUT2D eigenvalue weighted by atomic mass is 10.0. The van der Waals surface area contributed by atoms with Gasteiger partial charge in [-0.15, -0.1) is 0 Å². The van der Waals surface area contributed by atoms with Gasteiger partial charge in [-0.1, -0.05) is 42.0 Å². The van der Waals surface area contributed by atoms with Crippen molar-refractivity contribution in [3.8, 4) is 11.5 Å². The van der Waals surface area contributed by atoms with Gasteiger partial charge in [0.15, 0.2) is 17.5 Å². The van der Waals surface area contributed by atoms with E-state index in [4.69, 9.17) is 4.74 Å². The van der Waals surface area contributed by atoms with Crippen molar-refractivity contribution >= 4 is 5.96 Å². The number of methoxy groups -OCH3 is 1. The number of hydrogen-bond donors (Lipinski definition) is 3. The Hall–Kier alpha value is -2.73. The van der Waals surface area contributed by atoms with Gasteiger partial charge in [0.2, 0.25) is 0 Å². The number of phenolic OH excluding ortho intramolecular Hbond substituents is 1. The molecule has 6 heteroatoms. The molecule has 30 heavy (non-hydrogen) atoms. The maximum absolute atomic E-state index is 10.3. The largest absolute Gasteiger partial charge is 0.504 e. The number of aromatic hydroxyl groups is 1. The fraction of sp³-hybridized carbons (Fsp3) is 0.458. The number of phenols is 1. The van der Waals surface area contributed by atoms with Crippen molar-refractivity contribution in [2.75, 3.05) is 26.7 Å². The fourth-order valence-corrected chi connectivity index (χ4v) is 3.84. The van der Waals surface area contributed by atoms with Crippen LogP contribution < -0.4 is 15.4 Å². The molecule has 0 unspecified atom stereocenters. The molecule has 0 amide bonds. The summed E-state index contributed by atoms with van der Waals surface area (Å²) in [5, 5.41) is 17.2. The van der Waals surface area contributed by atoms with Crippen LogP contribution in [0.1, 0.15) is 36.5 Å². The zero-order valence-corrected chi connectivity index (χ0v) is 18.3. The second kappa shape index (κ2) is 10.9. The van der Waals surface area contributed by atoms with Gasteiger partial charge in [-0.2, -0.15) is 0 Å². The van der Waals surface area contributed by atoms with E-state index >= 15 is 0 Å². The first-order valence-electron chi connectivity index (χ1n) is 10.8. The number of piperidine rings is 1. The summed E-state index contributed by atoms with van der Waals surface area (Å²) in [6, 6.07) is 14.6. The average molecular weight is 411 g/mol. The summed E-state index contributed by atoms with van der Waals surface area (Å²) in [6.45, 7) is 8.55. The summed E-state index contributed by atoms with van der Waals surface area (Å²) < 4.78 is 5.19. The highest BCUT2D eigenvalue weighted by Crippen LogP contribution is 2.29. The number of nitrogens with one attached hydrogen (secondary N) is 2. The van der Waals surface area contributed by atoms with Crippen LogP contribution in [0.3, 0.4) is 0 Å². The number of aliphatic imine (C=N–C) groups is 1. The molecular weight excluding hydrogens is 376 g/mol. The maximum atomic E-state index is 10.3. The quantitative estimate of drug-likeness (QED) is 0.482. The van der Waals surface area contributed by atoms with Crippen molar-refractivity contribution in [1.82, 2.24) is 15.5 Å². The van der Waals surface area contributed by atoms with E-state index in [0.717, 1.165) is 50.5 Å². The lowest BCUT2D eigenvalue weighted by Crippen LogP contribution is -2.48. The number of nitrogens with zero attached hydrogens (tertiary/aromatic N) is 2. The average Bonchev–Trinajstić information content (AvgIpc) is 2.74. The third-order valence-electron chi connectivity index (χ3n) is 5.47. The van der Waals surface area contributed by atoms with Crippen molar-refractivity contribution in [2.24, 2.45) is 4.99 Å². The summed E-state index contributed by atoms with van der Waals surface area (Å²) in [5.74, 6) is 1.42. The summed E-state index contributed by atoms with van der Waals surface area (Å²) in [6.07, 6.45) is 2.17.